The van der Waals surface area contributed by atoms with Gasteiger partial charge in [-0.2, -0.15) is 0 Å². The summed E-state index contributed by atoms with van der Waals surface area (Å²) in [4.78, 5) is 8.34. The Morgan fingerprint density at radius 3 is 1.89 bits per heavy atom. The molecule has 0 spiro atoms. The Bertz CT molecular complexity index is 2680. The van der Waals surface area contributed by atoms with E-state index >= 15 is 0 Å². The van der Waals surface area contributed by atoms with Gasteiger partial charge >= 0.3 is 0 Å². The summed E-state index contributed by atoms with van der Waals surface area (Å²) in [6.45, 7) is 0. The highest BCUT2D eigenvalue weighted by molar-refractivity contribution is 6.11. The lowest BCUT2D eigenvalue weighted by atomic mass is 10.0. The summed E-state index contributed by atoms with van der Waals surface area (Å²) in [5.74, 6) is 0.910. The summed E-state index contributed by atoms with van der Waals surface area (Å²) in [5, 5.41) is 4.97. The average molecular weight is 564 g/mol. The van der Waals surface area contributed by atoms with E-state index in [1.165, 1.54) is 43.7 Å². The van der Waals surface area contributed by atoms with Crippen molar-refractivity contribution in [2.75, 3.05) is 0 Å². The van der Waals surface area contributed by atoms with E-state index in [1.54, 1.807) is 0 Å². The third kappa shape index (κ3) is 3.21. The normalized spacial score (nSPS) is 12.1. The lowest BCUT2D eigenvalue weighted by molar-refractivity contribution is 1.10. The van der Waals surface area contributed by atoms with Crippen molar-refractivity contribution in [3.05, 3.63) is 146 Å². The maximum atomic E-state index is 4.69. The Kier molecular flexibility index (Phi) is 4.66. The molecule has 0 aliphatic rings. The van der Waals surface area contributed by atoms with Gasteiger partial charge < -0.3 is 9.55 Å². The van der Waals surface area contributed by atoms with Crippen LogP contribution in [0.5, 0.6) is 0 Å². The van der Waals surface area contributed by atoms with Crippen molar-refractivity contribution in [3.63, 3.8) is 0 Å². The number of nitrogens with zero attached hydrogens (tertiary/aromatic N) is 4. The highest BCUT2D eigenvalue weighted by atomic mass is 15.2. The second-order valence-corrected chi connectivity index (χ2v) is 11.5. The van der Waals surface area contributed by atoms with Crippen LogP contribution >= 0.6 is 0 Å². The molecule has 0 aliphatic carbocycles. The van der Waals surface area contributed by atoms with Crippen molar-refractivity contribution in [1.82, 2.24) is 23.5 Å². The summed E-state index contributed by atoms with van der Waals surface area (Å²) in [5.41, 5.74) is 11.6. The van der Waals surface area contributed by atoms with E-state index in [1.807, 2.05) is 12.4 Å². The Hall–Kier alpha value is -6.07. The number of hydrogen-bond acceptors (Lipinski definition) is 1. The van der Waals surface area contributed by atoms with Crippen molar-refractivity contribution in [1.29, 1.82) is 0 Å². The molecule has 10 rings (SSSR count). The van der Waals surface area contributed by atoms with Crippen molar-refractivity contribution >= 4 is 60.4 Å². The molecule has 6 aromatic carbocycles. The third-order valence-electron chi connectivity index (χ3n) is 9.06. The fourth-order valence-corrected chi connectivity index (χ4v) is 7.10. The molecular weight excluding hydrogens is 538 g/mol. The van der Waals surface area contributed by atoms with Gasteiger partial charge in [-0.25, -0.2) is 4.98 Å². The topological polar surface area (TPSA) is 43.0 Å². The highest BCUT2D eigenvalue weighted by Crippen LogP contribution is 2.36. The number of aromatic amines is 1. The molecule has 0 fully saturated rings. The minimum Gasteiger partial charge on any atom is -0.355 e. The molecule has 10 aromatic rings. The van der Waals surface area contributed by atoms with E-state index in [4.69, 9.17) is 0 Å². The first-order valence-electron chi connectivity index (χ1n) is 14.9. The first-order chi connectivity index (χ1) is 21.8. The van der Waals surface area contributed by atoms with Crippen LogP contribution in [-0.2, 0) is 0 Å². The van der Waals surface area contributed by atoms with Gasteiger partial charge in [0.2, 0.25) is 5.78 Å². The molecule has 5 nitrogen and oxygen atoms in total. The van der Waals surface area contributed by atoms with Gasteiger partial charge in [0, 0.05) is 56.3 Å². The van der Waals surface area contributed by atoms with Gasteiger partial charge in [0.1, 0.15) is 0 Å². The maximum Gasteiger partial charge on any atom is 0.219 e. The standard InChI is InChI=1S/C39H25N5/c1-3-12-35-29(10-1)30-11-2-4-13-36(30)43(35)28-17-19-34-32(24-28)31-23-26(16-18-33(31)41-34)25-8-7-9-27(22-25)44-38-15-6-5-14-37(38)42-21-20-40-39(42)44/h1-24,41H. The van der Waals surface area contributed by atoms with Crippen LogP contribution in [0.3, 0.4) is 0 Å². The monoisotopic (exact) mass is 563 g/mol. The van der Waals surface area contributed by atoms with Gasteiger partial charge in [-0.1, -0.05) is 66.7 Å². The van der Waals surface area contributed by atoms with Crippen LogP contribution in [0.25, 0.3) is 82.9 Å². The van der Waals surface area contributed by atoms with Crippen LogP contribution in [0.15, 0.2) is 146 Å². The minimum atomic E-state index is 0.910. The lowest BCUT2D eigenvalue weighted by Crippen LogP contribution is -1.95. The molecular formula is C39H25N5. The molecule has 0 bridgehead atoms. The second kappa shape index (κ2) is 8.72. The largest absolute Gasteiger partial charge is 0.355 e. The van der Waals surface area contributed by atoms with Gasteiger partial charge in [-0.05, 0) is 77.9 Å². The number of para-hydroxylation sites is 4. The number of nitrogens with one attached hydrogen (secondary N) is 1. The molecule has 0 unspecified atom stereocenters. The number of imidazole rings is 2. The lowest BCUT2D eigenvalue weighted by Gasteiger charge is -2.09. The fraction of sp³-hybridized carbons (Fsp3) is 0. The Balaban J connectivity index is 1.15. The molecule has 4 aromatic heterocycles. The molecule has 0 aliphatic heterocycles. The molecule has 5 heteroatoms. The van der Waals surface area contributed by atoms with E-state index < -0.39 is 0 Å². The maximum absolute atomic E-state index is 4.69. The van der Waals surface area contributed by atoms with Gasteiger partial charge in [0.15, 0.2) is 0 Å². The van der Waals surface area contributed by atoms with Gasteiger partial charge in [-0.3, -0.25) is 8.97 Å². The van der Waals surface area contributed by atoms with Gasteiger partial charge in [-0.15, -0.1) is 0 Å². The quantitative estimate of drug-likeness (QED) is 0.228. The van der Waals surface area contributed by atoms with Crippen molar-refractivity contribution in [3.8, 4) is 22.5 Å². The molecule has 0 radical (unpaired) electrons. The molecule has 4 heterocycles. The van der Waals surface area contributed by atoms with E-state index in [-0.39, 0.29) is 0 Å². The molecule has 0 amide bonds. The minimum absolute atomic E-state index is 0.910. The average Bonchev–Trinajstić information content (AvgIpc) is 3.84. The third-order valence-corrected chi connectivity index (χ3v) is 9.06. The zero-order valence-corrected chi connectivity index (χ0v) is 23.6. The van der Waals surface area contributed by atoms with Crippen LogP contribution in [0.1, 0.15) is 0 Å². The van der Waals surface area contributed by atoms with Gasteiger partial charge in [0.05, 0.1) is 22.1 Å². The first-order valence-corrected chi connectivity index (χ1v) is 14.9. The number of fused-ring (bicyclic) bond motifs is 9. The highest BCUT2D eigenvalue weighted by Gasteiger charge is 2.15. The van der Waals surface area contributed by atoms with E-state index in [0.717, 1.165) is 39.2 Å². The number of rotatable bonds is 3. The molecule has 0 saturated heterocycles. The first kappa shape index (κ1) is 23.5. The summed E-state index contributed by atoms with van der Waals surface area (Å²) in [6.07, 6.45) is 3.89. The number of H-pyrrole nitrogens is 1. The number of aromatic nitrogens is 5. The Labute approximate surface area is 251 Å². The van der Waals surface area contributed by atoms with Crippen LogP contribution in [0.4, 0.5) is 0 Å². The zero-order chi connectivity index (χ0) is 28.8. The molecule has 0 saturated carbocycles. The molecule has 0 atom stereocenters. The van der Waals surface area contributed by atoms with Crippen LogP contribution in [0, 0.1) is 0 Å². The predicted octanol–water partition coefficient (Wildman–Crippen LogP) is 9.68. The summed E-state index contributed by atoms with van der Waals surface area (Å²) >= 11 is 0. The summed E-state index contributed by atoms with van der Waals surface area (Å²) in [6, 6.07) is 48.0. The zero-order valence-electron chi connectivity index (χ0n) is 23.6. The predicted molar refractivity (Wildman–Crippen MR) is 181 cm³/mol. The molecule has 1 N–H and O–H groups in total. The van der Waals surface area contributed by atoms with Crippen LogP contribution in [0.2, 0.25) is 0 Å². The van der Waals surface area contributed by atoms with Crippen molar-refractivity contribution in [2.45, 2.75) is 0 Å². The van der Waals surface area contributed by atoms with Crippen molar-refractivity contribution < 1.29 is 0 Å². The smallest absolute Gasteiger partial charge is 0.219 e. The fourth-order valence-electron chi connectivity index (χ4n) is 7.10. The molecule has 206 valence electrons. The van der Waals surface area contributed by atoms with E-state index in [9.17, 15) is 0 Å². The SMILES string of the molecule is c1cc(-c2ccc3[nH]c4ccc(-n5c6ccccc6c6ccccc65)cc4c3c2)cc(-n2c3ccccc3n3ccnc23)c1. The molecule has 44 heavy (non-hydrogen) atoms. The van der Waals surface area contributed by atoms with Crippen molar-refractivity contribution in [2.24, 2.45) is 0 Å². The summed E-state index contributed by atoms with van der Waals surface area (Å²) in [7, 11) is 0. The number of hydrogen-bond donors (Lipinski definition) is 1. The van der Waals surface area contributed by atoms with Crippen LogP contribution in [-0.4, -0.2) is 23.5 Å². The van der Waals surface area contributed by atoms with E-state index in [2.05, 4.69) is 157 Å². The van der Waals surface area contributed by atoms with Gasteiger partial charge in [0.25, 0.3) is 0 Å². The van der Waals surface area contributed by atoms with E-state index in [0.29, 0.717) is 0 Å². The van der Waals surface area contributed by atoms with Crippen LogP contribution < -0.4 is 0 Å². The Morgan fingerprint density at radius 2 is 1.09 bits per heavy atom. The summed E-state index contributed by atoms with van der Waals surface area (Å²) < 4.78 is 6.77. The second-order valence-electron chi connectivity index (χ2n) is 11.5. The number of benzene rings is 6. The Morgan fingerprint density at radius 1 is 0.455 bits per heavy atom.